The number of aliphatic imine (C=N–C) groups is 1. The zero-order valence-electron chi connectivity index (χ0n) is 20.0. The molecule has 2 N–H and O–H groups in total. The molecule has 1 unspecified atom stereocenters. The molecule has 0 saturated heterocycles. The smallest absolute Gasteiger partial charge is 0.191 e. The largest absolute Gasteiger partial charge is 0.457 e. The molecule has 1 atom stereocenters. The number of halogens is 1. The van der Waals surface area contributed by atoms with Crippen LogP contribution in [0.3, 0.4) is 0 Å². The molecule has 2 heterocycles. The van der Waals surface area contributed by atoms with Crippen molar-refractivity contribution in [1.29, 1.82) is 0 Å². The lowest BCUT2D eigenvalue weighted by molar-refractivity contribution is 0.177. The van der Waals surface area contributed by atoms with Crippen LogP contribution in [0, 0.1) is 6.92 Å². The number of aryl methyl sites for hydroxylation is 2. The standard InChI is InChI=1S/C25H32N6O2.HI/c1-4-26-25(28-20-11-14-24-29-23(17-32-3)30-31(24)16-20)27-15-19-7-5-6-8-22(19)33-21-12-9-18(2)10-13-21;/h5-10,12-13,20H,4,11,14-17H2,1-3H3,(H2,26,27,28);1H. The monoisotopic (exact) mass is 576 g/mol. The number of hydrogen-bond donors (Lipinski definition) is 2. The lowest BCUT2D eigenvalue weighted by Gasteiger charge is -2.25. The van der Waals surface area contributed by atoms with Gasteiger partial charge in [0.1, 0.15) is 23.9 Å². The summed E-state index contributed by atoms with van der Waals surface area (Å²) < 4.78 is 13.3. The van der Waals surface area contributed by atoms with E-state index in [1.165, 1.54) is 5.56 Å². The SMILES string of the molecule is CCNC(=NCc1ccccc1Oc1ccc(C)cc1)NC1CCc2nc(COC)nn2C1.I. The first-order valence-corrected chi connectivity index (χ1v) is 11.4. The Kier molecular flexibility index (Phi) is 9.70. The van der Waals surface area contributed by atoms with Gasteiger partial charge < -0.3 is 20.1 Å². The molecule has 0 spiro atoms. The van der Waals surface area contributed by atoms with Crippen LogP contribution < -0.4 is 15.4 Å². The average Bonchev–Trinajstić information content (AvgIpc) is 3.22. The van der Waals surface area contributed by atoms with Gasteiger partial charge in [-0.15, -0.1) is 24.0 Å². The second-order valence-corrected chi connectivity index (χ2v) is 8.16. The molecule has 1 aliphatic heterocycles. The highest BCUT2D eigenvalue weighted by Gasteiger charge is 2.22. The maximum absolute atomic E-state index is 6.13. The lowest BCUT2D eigenvalue weighted by Crippen LogP contribution is -2.47. The summed E-state index contributed by atoms with van der Waals surface area (Å²) in [6.45, 7) is 6.62. The van der Waals surface area contributed by atoms with Crippen LogP contribution in [0.1, 0.15) is 36.1 Å². The number of guanidine groups is 1. The van der Waals surface area contributed by atoms with E-state index in [1.807, 2.05) is 47.1 Å². The van der Waals surface area contributed by atoms with Crippen LogP contribution in [0.25, 0.3) is 0 Å². The van der Waals surface area contributed by atoms with E-state index >= 15 is 0 Å². The van der Waals surface area contributed by atoms with Gasteiger partial charge in [-0.25, -0.2) is 14.7 Å². The molecular formula is C25H33IN6O2. The van der Waals surface area contributed by atoms with Crippen molar-refractivity contribution in [3.05, 3.63) is 71.3 Å². The average molecular weight is 576 g/mol. The van der Waals surface area contributed by atoms with Crippen molar-refractivity contribution >= 4 is 29.9 Å². The third-order valence-corrected chi connectivity index (χ3v) is 5.49. The van der Waals surface area contributed by atoms with Gasteiger partial charge in [0.15, 0.2) is 11.8 Å². The maximum Gasteiger partial charge on any atom is 0.191 e. The van der Waals surface area contributed by atoms with Crippen LogP contribution in [0.4, 0.5) is 0 Å². The van der Waals surface area contributed by atoms with Gasteiger partial charge in [-0.3, -0.25) is 0 Å². The predicted octanol–water partition coefficient (Wildman–Crippen LogP) is 4.21. The predicted molar refractivity (Wildman–Crippen MR) is 144 cm³/mol. The minimum atomic E-state index is 0. The number of hydrogen-bond acceptors (Lipinski definition) is 5. The molecule has 34 heavy (non-hydrogen) atoms. The Balaban J connectivity index is 0.00000324. The van der Waals surface area contributed by atoms with E-state index in [0.29, 0.717) is 13.2 Å². The summed E-state index contributed by atoms with van der Waals surface area (Å²) in [6, 6.07) is 16.3. The molecule has 2 aromatic carbocycles. The summed E-state index contributed by atoms with van der Waals surface area (Å²) in [5.74, 6) is 4.17. The van der Waals surface area contributed by atoms with E-state index in [2.05, 4.69) is 40.6 Å². The molecule has 0 radical (unpaired) electrons. The molecule has 1 aliphatic rings. The van der Waals surface area contributed by atoms with E-state index in [0.717, 1.165) is 60.6 Å². The van der Waals surface area contributed by atoms with Crippen molar-refractivity contribution in [2.24, 2.45) is 4.99 Å². The van der Waals surface area contributed by atoms with Gasteiger partial charge in [0.05, 0.1) is 13.1 Å². The molecule has 9 heteroatoms. The molecule has 0 saturated carbocycles. The molecule has 0 amide bonds. The van der Waals surface area contributed by atoms with Crippen LogP contribution in [-0.4, -0.2) is 40.4 Å². The number of para-hydroxylation sites is 1. The van der Waals surface area contributed by atoms with Gasteiger partial charge in [0.2, 0.25) is 0 Å². The van der Waals surface area contributed by atoms with Gasteiger partial charge in [-0.1, -0.05) is 35.9 Å². The third kappa shape index (κ3) is 6.92. The second kappa shape index (κ2) is 12.7. The lowest BCUT2D eigenvalue weighted by atomic mass is 10.1. The highest BCUT2D eigenvalue weighted by atomic mass is 127. The first-order chi connectivity index (χ1) is 16.1. The first-order valence-electron chi connectivity index (χ1n) is 11.4. The number of nitrogens with one attached hydrogen (secondary N) is 2. The van der Waals surface area contributed by atoms with Crippen molar-refractivity contribution in [3.8, 4) is 11.5 Å². The van der Waals surface area contributed by atoms with E-state index in [-0.39, 0.29) is 30.0 Å². The minimum absolute atomic E-state index is 0. The maximum atomic E-state index is 6.13. The molecule has 3 aromatic rings. The number of aromatic nitrogens is 3. The van der Waals surface area contributed by atoms with E-state index in [9.17, 15) is 0 Å². The van der Waals surface area contributed by atoms with Crippen LogP contribution in [0.2, 0.25) is 0 Å². The molecule has 8 nitrogen and oxygen atoms in total. The summed E-state index contributed by atoms with van der Waals surface area (Å²) in [5.41, 5.74) is 2.24. The Morgan fingerprint density at radius 3 is 2.74 bits per heavy atom. The molecule has 4 rings (SSSR count). The molecule has 0 aliphatic carbocycles. The van der Waals surface area contributed by atoms with Crippen molar-refractivity contribution in [2.75, 3.05) is 13.7 Å². The number of rotatable bonds is 8. The van der Waals surface area contributed by atoms with Crippen LogP contribution in [0.5, 0.6) is 11.5 Å². The highest BCUT2D eigenvalue weighted by Crippen LogP contribution is 2.26. The van der Waals surface area contributed by atoms with Crippen LogP contribution in [-0.2, 0) is 30.9 Å². The number of ether oxygens (including phenoxy) is 2. The molecular weight excluding hydrogens is 543 g/mol. The summed E-state index contributed by atoms with van der Waals surface area (Å²) in [7, 11) is 1.66. The first kappa shape index (κ1) is 26.0. The third-order valence-electron chi connectivity index (χ3n) is 5.49. The number of fused-ring (bicyclic) bond motifs is 1. The Morgan fingerprint density at radius 2 is 1.97 bits per heavy atom. The molecule has 0 bridgehead atoms. The minimum Gasteiger partial charge on any atom is -0.457 e. The quantitative estimate of drug-likeness (QED) is 0.238. The zero-order chi connectivity index (χ0) is 23.0. The van der Waals surface area contributed by atoms with Gasteiger partial charge in [0.25, 0.3) is 0 Å². The number of nitrogens with zero attached hydrogens (tertiary/aromatic N) is 4. The van der Waals surface area contributed by atoms with E-state index in [4.69, 9.17) is 14.5 Å². The number of benzene rings is 2. The van der Waals surface area contributed by atoms with E-state index in [1.54, 1.807) is 7.11 Å². The summed E-state index contributed by atoms with van der Waals surface area (Å²) >= 11 is 0. The molecule has 1 aromatic heterocycles. The van der Waals surface area contributed by atoms with Crippen molar-refractivity contribution in [1.82, 2.24) is 25.4 Å². The molecule has 0 fully saturated rings. The summed E-state index contributed by atoms with van der Waals surface area (Å²) in [4.78, 5) is 9.39. The highest BCUT2D eigenvalue weighted by molar-refractivity contribution is 14.0. The van der Waals surface area contributed by atoms with Crippen molar-refractivity contribution in [2.45, 2.75) is 52.4 Å². The Bertz CT molecular complexity index is 1080. The Labute approximate surface area is 218 Å². The van der Waals surface area contributed by atoms with Gasteiger partial charge in [-0.05, 0) is 38.5 Å². The Hall–Kier alpha value is -2.66. The topological polar surface area (TPSA) is 85.6 Å². The van der Waals surface area contributed by atoms with Crippen molar-refractivity contribution < 1.29 is 9.47 Å². The summed E-state index contributed by atoms with van der Waals surface area (Å²) in [6.07, 6.45) is 1.85. The van der Waals surface area contributed by atoms with Crippen molar-refractivity contribution in [3.63, 3.8) is 0 Å². The fourth-order valence-electron chi connectivity index (χ4n) is 3.81. The Morgan fingerprint density at radius 1 is 1.18 bits per heavy atom. The number of methoxy groups -OCH3 is 1. The van der Waals surface area contributed by atoms with Crippen LogP contribution >= 0.6 is 24.0 Å². The van der Waals surface area contributed by atoms with Gasteiger partial charge >= 0.3 is 0 Å². The second-order valence-electron chi connectivity index (χ2n) is 8.16. The van der Waals surface area contributed by atoms with Crippen LogP contribution in [0.15, 0.2) is 53.5 Å². The fourth-order valence-corrected chi connectivity index (χ4v) is 3.81. The normalized spacial score (nSPS) is 15.3. The fraction of sp³-hybridized carbons (Fsp3) is 0.400. The molecule has 182 valence electrons. The van der Waals surface area contributed by atoms with Gasteiger partial charge in [0, 0.05) is 31.7 Å². The van der Waals surface area contributed by atoms with E-state index < -0.39 is 0 Å². The van der Waals surface area contributed by atoms with Gasteiger partial charge in [-0.2, -0.15) is 5.10 Å². The zero-order valence-corrected chi connectivity index (χ0v) is 22.3. The summed E-state index contributed by atoms with van der Waals surface area (Å²) in [5, 5.41) is 11.5.